The molecule has 2 heterocycles. The molecular weight excluding hydrogens is 309 g/mol. The molecule has 3 aromatic rings. The molecular formula is C15H15ClFN3S. The van der Waals surface area contributed by atoms with Crippen molar-refractivity contribution in [2.45, 2.75) is 19.9 Å². The second-order valence-corrected chi connectivity index (χ2v) is 6.69. The lowest BCUT2D eigenvalue weighted by Gasteiger charge is -2.23. The fraction of sp³-hybridized carbons (Fsp3) is 0.267. The van der Waals surface area contributed by atoms with E-state index in [4.69, 9.17) is 17.3 Å². The van der Waals surface area contributed by atoms with Gasteiger partial charge in [-0.25, -0.2) is 9.37 Å². The van der Waals surface area contributed by atoms with E-state index >= 15 is 0 Å². The number of hydrogen-bond donors (Lipinski definition) is 1. The van der Waals surface area contributed by atoms with Gasteiger partial charge >= 0.3 is 0 Å². The highest BCUT2D eigenvalue weighted by Crippen LogP contribution is 2.36. The quantitative estimate of drug-likeness (QED) is 0.758. The molecule has 3 nitrogen and oxygen atoms in total. The van der Waals surface area contributed by atoms with Crippen LogP contribution in [0, 0.1) is 11.7 Å². The summed E-state index contributed by atoms with van der Waals surface area (Å²) in [5, 5.41) is 2.12. The molecule has 0 bridgehead atoms. The molecule has 3 rings (SSSR count). The van der Waals surface area contributed by atoms with E-state index in [0.29, 0.717) is 17.4 Å². The summed E-state index contributed by atoms with van der Waals surface area (Å²) < 4.78 is 15.5. The van der Waals surface area contributed by atoms with Crippen LogP contribution in [0.15, 0.2) is 29.6 Å². The predicted octanol–water partition coefficient (Wildman–Crippen LogP) is 4.72. The minimum atomic E-state index is -0.481. The Kier molecular flexibility index (Phi) is 3.63. The monoisotopic (exact) mass is 323 g/mol. The van der Waals surface area contributed by atoms with Crippen LogP contribution in [0.1, 0.15) is 24.8 Å². The molecule has 1 atom stereocenters. The molecule has 2 aromatic heterocycles. The number of nitrogen functional groups attached to an aromatic ring is 1. The molecule has 0 saturated carbocycles. The molecule has 21 heavy (non-hydrogen) atoms. The van der Waals surface area contributed by atoms with E-state index in [1.165, 1.54) is 10.9 Å². The molecule has 2 N–H and O–H groups in total. The second kappa shape index (κ2) is 5.31. The summed E-state index contributed by atoms with van der Waals surface area (Å²) in [6, 6.07) is 7.06. The zero-order valence-electron chi connectivity index (χ0n) is 11.7. The van der Waals surface area contributed by atoms with E-state index in [9.17, 15) is 4.39 Å². The first kappa shape index (κ1) is 14.4. The normalized spacial score (nSPS) is 13.2. The van der Waals surface area contributed by atoms with Crippen LogP contribution in [-0.4, -0.2) is 9.55 Å². The molecule has 0 radical (unpaired) electrons. The maximum absolute atomic E-state index is 13.6. The van der Waals surface area contributed by atoms with Gasteiger partial charge in [-0.3, -0.25) is 0 Å². The van der Waals surface area contributed by atoms with Crippen molar-refractivity contribution in [1.82, 2.24) is 9.55 Å². The van der Waals surface area contributed by atoms with Gasteiger partial charge in [0, 0.05) is 10.9 Å². The first-order chi connectivity index (χ1) is 9.99. The molecule has 1 unspecified atom stereocenters. The van der Waals surface area contributed by atoms with Crippen LogP contribution in [-0.2, 0) is 0 Å². The lowest BCUT2D eigenvalue weighted by atomic mass is 10.0. The summed E-state index contributed by atoms with van der Waals surface area (Å²) in [6.45, 7) is 4.25. The Morgan fingerprint density at radius 1 is 1.38 bits per heavy atom. The molecule has 0 aliphatic heterocycles. The smallest absolute Gasteiger partial charge is 0.201 e. The number of thiophene rings is 1. The maximum Gasteiger partial charge on any atom is 0.201 e. The number of rotatable bonds is 3. The van der Waals surface area contributed by atoms with Crippen LogP contribution >= 0.6 is 22.9 Å². The zero-order valence-corrected chi connectivity index (χ0v) is 13.2. The molecule has 0 amide bonds. The Morgan fingerprint density at radius 3 is 2.76 bits per heavy atom. The third-order valence-corrected chi connectivity index (χ3v) is 4.74. The molecule has 6 heteroatoms. The van der Waals surface area contributed by atoms with Crippen molar-refractivity contribution in [3.05, 3.63) is 45.4 Å². The van der Waals surface area contributed by atoms with Crippen molar-refractivity contribution in [2.24, 2.45) is 5.92 Å². The van der Waals surface area contributed by atoms with Crippen molar-refractivity contribution in [1.29, 1.82) is 0 Å². The first-order valence-electron chi connectivity index (χ1n) is 6.65. The van der Waals surface area contributed by atoms with Crippen LogP contribution in [0.25, 0.3) is 11.0 Å². The molecule has 1 aromatic carbocycles. The van der Waals surface area contributed by atoms with Crippen LogP contribution in [0.4, 0.5) is 10.3 Å². The summed E-state index contributed by atoms with van der Waals surface area (Å²) in [6.07, 6.45) is 0. The predicted molar refractivity (Wildman–Crippen MR) is 86.4 cm³/mol. The SMILES string of the molecule is CC(C)C(c1cccs1)n1c(N)nc2cc(F)c(Cl)cc21. The number of hydrogen-bond acceptors (Lipinski definition) is 3. The minimum absolute atomic E-state index is 0.0523. The van der Waals surface area contributed by atoms with Gasteiger partial charge in [-0.2, -0.15) is 0 Å². The van der Waals surface area contributed by atoms with Crippen molar-refractivity contribution in [2.75, 3.05) is 5.73 Å². The van der Waals surface area contributed by atoms with Crippen molar-refractivity contribution >= 4 is 39.9 Å². The van der Waals surface area contributed by atoms with Gasteiger partial charge in [0.15, 0.2) is 0 Å². The van der Waals surface area contributed by atoms with Gasteiger partial charge < -0.3 is 10.3 Å². The summed E-state index contributed by atoms with van der Waals surface area (Å²) in [5.74, 6) is 0.206. The number of anilines is 1. The zero-order chi connectivity index (χ0) is 15.1. The van der Waals surface area contributed by atoms with Crippen molar-refractivity contribution in [3.63, 3.8) is 0 Å². The van der Waals surface area contributed by atoms with Gasteiger partial charge in [-0.15, -0.1) is 11.3 Å². The Balaban J connectivity index is 2.27. The van der Waals surface area contributed by atoms with Gasteiger partial charge in [0.2, 0.25) is 5.95 Å². The fourth-order valence-corrected chi connectivity index (χ4v) is 3.76. The Bertz CT molecular complexity index is 780. The lowest BCUT2D eigenvalue weighted by molar-refractivity contribution is 0.457. The highest BCUT2D eigenvalue weighted by atomic mass is 35.5. The van der Waals surface area contributed by atoms with E-state index in [1.807, 2.05) is 16.0 Å². The van der Waals surface area contributed by atoms with E-state index in [2.05, 4.69) is 24.9 Å². The van der Waals surface area contributed by atoms with Gasteiger partial charge in [0.1, 0.15) is 5.82 Å². The Hall–Kier alpha value is -1.59. The molecule has 110 valence electrons. The van der Waals surface area contributed by atoms with E-state index in [1.54, 1.807) is 17.4 Å². The average molecular weight is 324 g/mol. The minimum Gasteiger partial charge on any atom is -0.369 e. The largest absolute Gasteiger partial charge is 0.369 e. The van der Waals surface area contributed by atoms with E-state index < -0.39 is 5.82 Å². The molecule has 0 spiro atoms. The highest BCUT2D eigenvalue weighted by molar-refractivity contribution is 7.10. The maximum atomic E-state index is 13.6. The van der Waals surface area contributed by atoms with Crippen LogP contribution in [0.3, 0.4) is 0 Å². The third-order valence-electron chi connectivity index (χ3n) is 3.50. The highest BCUT2D eigenvalue weighted by Gasteiger charge is 2.24. The van der Waals surface area contributed by atoms with E-state index in [0.717, 1.165) is 5.52 Å². The van der Waals surface area contributed by atoms with Crippen molar-refractivity contribution < 1.29 is 4.39 Å². The van der Waals surface area contributed by atoms with Crippen LogP contribution in [0.2, 0.25) is 5.02 Å². The van der Waals surface area contributed by atoms with Gasteiger partial charge in [-0.05, 0) is 23.4 Å². The van der Waals surface area contributed by atoms with Gasteiger partial charge in [-0.1, -0.05) is 31.5 Å². The number of imidazole rings is 1. The van der Waals surface area contributed by atoms with Crippen LogP contribution < -0.4 is 5.73 Å². The number of nitrogens with zero attached hydrogens (tertiary/aromatic N) is 2. The second-order valence-electron chi connectivity index (χ2n) is 5.30. The summed E-state index contributed by atoms with van der Waals surface area (Å²) >= 11 is 7.59. The summed E-state index contributed by atoms with van der Waals surface area (Å²) in [7, 11) is 0. The summed E-state index contributed by atoms with van der Waals surface area (Å²) in [4.78, 5) is 5.47. The van der Waals surface area contributed by atoms with Crippen LogP contribution in [0.5, 0.6) is 0 Å². The number of fused-ring (bicyclic) bond motifs is 1. The summed E-state index contributed by atoms with van der Waals surface area (Å²) in [5.41, 5.74) is 7.37. The van der Waals surface area contributed by atoms with Gasteiger partial charge in [0.05, 0.1) is 22.1 Å². The number of aromatic nitrogens is 2. The molecule has 0 fully saturated rings. The van der Waals surface area contributed by atoms with E-state index in [-0.39, 0.29) is 11.1 Å². The molecule has 0 saturated heterocycles. The van der Waals surface area contributed by atoms with Gasteiger partial charge in [0.25, 0.3) is 0 Å². The Labute approximate surface area is 131 Å². The average Bonchev–Trinajstić information content (AvgIpc) is 3.01. The Morgan fingerprint density at radius 2 is 2.14 bits per heavy atom. The fourth-order valence-electron chi connectivity index (χ4n) is 2.61. The molecule has 0 aliphatic rings. The standard InChI is InChI=1S/C15H15ClFN3S/c1-8(2)14(13-4-3-5-21-13)20-12-6-9(16)10(17)7-11(12)19-15(20)18/h3-8,14H,1-2H3,(H2,18,19). The topological polar surface area (TPSA) is 43.8 Å². The lowest BCUT2D eigenvalue weighted by Crippen LogP contribution is -2.17. The number of benzene rings is 1. The molecule has 0 aliphatic carbocycles. The third kappa shape index (κ3) is 2.40. The van der Waals surface area contributed by atoms with Crippen molar-refractivity contribution in [3.8, 4) is 0 Å². The number of halogens is 2. The number of nitrogens with two attached hydrogens (primary N) is 1. The first-order valence-corrected chi connectivity index (χ1v) is 7.90.